The minimum atomic E-state index is -0.0166. The van der Waals surface area contributed by atoms with Gasteiger partial charge in [0.15, 0.2) is 0 Å². The minimum Gasteiger partial charge on any atom is -0.358 e. The molecule has 2 aromatic heterocycles. The van der Waals surface area contributed by atoms with E-state index in [0.717, 1.165) is 47.5 Å². The number of H-pyrrole nitrogens is 1. The number of nitrogens with zero attached hydrogens (tertiary/aromatic N) is 1. The van der Waals surface area contributed by atoms with Gasteiger partial charge < -0.3 is 10.3 Å². The quantitative estimate of drug-likeness (QED) is 0.825. The van der Waals surface area contributed by atoms with Crippen LogP contribution in [0.25, 0.3) is 11.3 Å². The largest absolute Gasteiger partial charge is 0.358 e. The van der Waals surface area contributed by atoms with E-state index in [-0.39, 0.29) is 5.91 Å². The van der Waals surface area contributed by atoms with Crippen LogP contribution in [-0.2, 0) is 12.8 Å². The van der Waals surface area contributed by atoms with Crippen LogP contribution in [0.4, 0.5) is 0 Å². The molecule has 0 bridgehead atoms. The van der Waals surface area contributed by atoms with Crippen LogP contribution < -0.4 is 5.32 Å². The summed E-state index contributed by atoms with van der Waals surface area (Å²) in [4.78, 5) is 19.6. The average Bonchev–Trinajstić information content (AvgIpc) is 2.94. The Balaban J connectivity index is 1.90. The molecule has 1 aliphatic rings. The number of carbonyl (C=O) groups is 1. The minimum absolute atomic E-state index is 0.0166. The van der Waals surface area contributed by atoms with Crippen molar-refractivity contribution in [1.82, 2.24) is 15.3 Å². The van der Waals surface area contributed by atoms with Gasteiger partial charge in [-0.2, -0.15) is 0 Å². The zero-order valence-corrected chi connectivity index (χ0v) is 13.5. The predicted molar refractivity (Wildman–Crippen MR) is 88.3 cm³/mol. The van der Waals surface area contributed by atoms with Gasteiger partial charge in [-0.1, -0.05) is 31.4 Å². The third kappa shape index (κ3) is 3.02. The molecule has 0 saturated carbocycles. The number of pyridine rings is 1. The fourth-order valence-corrected chi connectivity index (χ4v) is 3.02. The second kappa shape index (κ2) is 6.53. The SMILES string of the molecule is CCCCCc1cc(-c2cc3c([nH]2)CCNC3=O)c(Cl)cn1. The van der Waals surface area contributed by atoms with E-state index in [1.165, 1.54) is 12.8 Å². The van der Waals surface area contributed by atoms with Crippen molar-refractivity contribution < 1.29 is 4.79 Å². The summed E-state index contributed by atoms with van der Waals surface area (Å²) in [5, 5.41) is 3.47. The average molecular weight is 318 g/mol. The lowest BCUT2D eigenvalue weighted by Gasteiger charge is -2.11. The van der Waals surface area contributed by atoms with E-state index in [1.54, 1.807) is 6.20 Å². The molecule has 4 nitrogen and oxygen atoms in total. The molecule has 0 aromatic carbocycles. The molecule has 3 heterocycles. The van der Waals surface area contributed by atoms with Crippen molar-refractivity contribution in [2.24, 2.45) is 0 Å². The van der Waals surface area contributed by atoms with Crippen molar-refractivity contribution in [1.29, 1.82) is 0 Å². The topological polar surface area (TPSA) is 57.8 Å². The maximum Gasteiger partial charge on any atom is 0.253 e. The Morgan fingerprint density at radius 3 is 2.91 bits per heavy atom. The molecule has 1 aliphatic heterocycles. The summed E-state index contributed by atoms with van der Waals surface area (Å²) in [7, 11) is 0. The van der Waals surface area contributed by atoms with Crippen LogP contribution in [0.1, 0.15) is 47.9 Å². The molecule has 3 rings (SSSR count). The lowest BCUT2D eigenvalue weighted by atomic mass is 10.1. The van der Waals surface area contributed by atoms with Gasteiger partial charge in [-0.05, 0) is 25.0 Å². The highest BCUT2D eigenvalue weighted by atomic mass is 35.5. The van der Waals surface area contributed by atoms with Crippen LogP contribution in [0.15, 0.2) is 18.3 Å². The zero-order chi connectivity index (χ0) is 15.5. The second-order valence-corrected chi connectivity index (χ2v) is 6.10. The molecule has 0 aliphatic carbocycles. The summed E-state index contributed by atoms with van der Waals surface area (Å²) in [5.74, 6) is -0.0166. The van der Waals surface area contributed by atoms with Crippen LogP contribution in [0, 0.1) is 0 Å². The number of rotatable bonds is 5. The second-order valence-electron chi connectivity index (χ2n) is 5.69. The predicted octanol–water partition coefficient (Wildman–Crippen LogP) is 3.75. The summed E-state index contributed by atoms with van der Waals surface area (Å²) in [6, 6.07) is 3.92. The maximum absolute atomic E-state index is 11.9. The van der Waals surface area contributed by atoms with Gasteiger partial charge in [-0.15, -0.1) is 0 Å². The molecule has 116 valence electrons. The van der Waals surface area contributed by atoms with E-state index in [9.17, 15) is 4.79 Å². The smallest absolute Gasteiger partial charge is 0.253 e. The molecule has 5 heteroatoms. The number of carbonyl (C=O) groups excluding carboxylic acids is 1. The van der Waals surface area contributed by atoms with Crippen molar-refractivity contribution in [2.45, 2.75) is 39.0 Å². The first-order valence-electron chi connectivity index (χ1n) is 7.84. The fourth-order valence-electron chi connectivity index (χ4n) is 2.82. The molecule has 0 spiro atoms. The molecule has 2 N–H and O–H groups in total. The van der Waals surface area contributed by atoms with E-state index >= 15 is 0 Å². The number of aryl methyl sites for hydroxylation is 1. The van der Waals surface area contributed by atoms with Crippen molar-refractivity contribution in [2.75, 3.05) is 6.54 Å². The van der Waals surface area contributed by atoms with Gasteiger partial charge in [0.25, 0.3) is 5.91 Å². The first-order chi connectivity index (χ1) is 10.7. The van der Waals surface area contributed by atoms with Gasteiger partial charge in [0.1, 0.15) is 0 Å². The highest BCUT2D eigenvalue weighted by molar-refractivity contribution is 6.33. The summed E-state index contributed by atoms with van der Waals surface area (Å²) < 4.78 is 0. The first-order valence-corrected chi connectivity index (χ1v) is 8.21. The van der Waals surface area contributed by atoms with Crippen LogP contribution in [0.3, 0.4) is 0 Å². The molecule has 0 atom stereocenters. The van der Waals surface area contributed by atoms with Gasteiger partial charge in [0.2, 0.25) is 0 Å². The van der Waals surface area contributed by atoms with Crippen molar-refractivity contribution in [3.8, 4) is 11.3 Å². The number of fused-ring (bicyclic) bond motifs is 1. The summed E-state index contributed by atoms with van der Waals surface area (Å²) in [6.07, 6.45) is 7.02. The Bertz CT molecular complexity index is 693. The number of aromatic nitrogens is 2. The zero-order valence-electron chi connectivity index (χ0n) is 12.7. The highest BCUT2D eigenvalue weighted by Gasteiger charge is 2.20. The molecular formula is C17H20ClN3O. The van der Waals surface area contributed by atoms with E-state index in [2.05, 4.69) is 22.2 Å². The molecule has 0 radical (unpaired) electrons. The number of halogens is 1. The van der Waals surface area contributed by atoms with Gasteiger partial charge in [0.05, 0.1) is 10.6 Å². The molecule has 2 aromatic rings. The van der Waals surface area contributed by atoms with E-state index in [1.807, 2.05) is 12.1 Å². The monoisotopic (exact) mass is 317 g/mol. The summed E-state index contributed by atoms with van der Waals surface area (Å²) >= 11 is 6.31. The third-order valence-electron chi connectivity index (χ3n) is 4.04. The summed E-state index contributed by atoms with van der Waals surface area (Å²) in [5.41, 5.74) is 4.57. The Morgan fingerprint density at radius 1 is 1.27 bits per heavy atom. The van der Waals surface area contributed by atoms with E-state index in [0.29, 0.717) is 11.6 Å². The molecule has 0 fully saturated rings. The number of amides is 1. The van der Waals surface area contributed by atoms with Crippen LogP contribution >= 0.6 is 11.6 Å². The number of unbranched alkanes of at least 4 members (excludes halogenated alkanes) is 2. The Kier molecular flexibility index (Phi) is 4.48. The van der Waals surface area contributed by atoms with Gasteiger partial charge in [0, 0.05) is 41.8 Å². The fraction of sp³-hybridized carbons (Fsp3) is 0.412. The van der Waals surface area contributed by atoms with Crippen LogP contribution in [-0.4, -0.2) is 22.4 Å². The number of hydrogen-bond donors (Lipinski definition) is 2. The molecule has 22 heavy (non-hydrogen) atoms. The lowest BCUT2D eigenvalue weighted by Crippen LogP contribution is -2.31. The Morgan fingerprint density at radius 2 is 2.14 bits per heavy atom. The maximum atomic E-state index is 11.9. The molecule has 0 saturated heterocycles. The van der Waals surface area contributed by atoms with Crippen molar-refractivity contribution >= 4 is 17.5 Å². The van der Waals surface area contributed by atoms with E-state index in [4.69, 9.17) is 11.6 Å². The molecule has 0 unspecified atom stereocenters. The number of aromatic amines is 1. The normalized spacial score (nSPS) is 13.8. The van der Waals surface area contributed by atoms with Crippen molar-refractivity contribution in [3.63, 3.8) is 0 Å². The Labute approximate surface area is 135 Å². The molecular weight excluding hydrogens is 298 g/mol. The number of hydrogen-bond acceptors (Lipinski definition) is 2. The van der Waals surface area contributed by atoms with Crippen molar-refractivity contribution in [3.05, 3.63) is 40.3 Å². The highest BCUT2D eigenvalue weighted by Crippen LogP contribution is 2.30. The van der Waals surface area contributed by atoms with E-state index < -0.39 is 0 Å². The van der Waals surface area contributed by atoms with Gasteiger partial charge >= 0.3 is 0 Å². The van der Waals surface area contributed by atoms with Crippen LogP contribution in [0.5, 0.6) is 0 Å². The van der Waals surface area contributed by atoms with Crippen LogP contribution in [0.2, 0.25) is 5.02 Å². The summed E-state index contributed by atoms with van der Waals surface area (Å²) in [6.45, 7) is 2.87. The third-order valence-corrected chi connectivity index (χ3v) is 4.34. The molecule has 1 amide bonds. The standard InChI is InChI=1S/C17H20ClN3O/c1-2-3-4-5-11-8-12(14(18)10-20-11)16-9-13-15(21-16)6-7-19-17(13)22/h8-10,21H,2-7H2,1H3,(H,19,22). The van der Waals surface area contributed by atoms with Gasteiger partial charge in [-0.25, -0.2) is 0 Å². The lowest BCUT2D eigenvalue weighted by molar-refractivity contribution is 0.0946. The first kappa shape index (κ1) is 15.1. The number of nitrogens with one attached hydrogen (secondary N) is 2. The Hall–Kier alpha value is -1.81. The van der Waals surface area contributed by atoms with Gasteiger partial charge in [-0.3, -0.25) is 9.78 Å².